The molecule has 0 saturated carbocycles. The molecule has 1 aliphatic heterocycles. The van der Waals surface area contributed by atoms with Crippen LogP contribution in [0, 0.1) is 0 Å². The molecule has 2 amide bonds. The van der Waals surface area contributed by atoms with Gasteiger partial charge in [-0.3, -0.25) is 9.88 Å². The Kier molecular flexibility index (Phi) is 3.50. The summed E-state index contributed by atoms with van der Waals surface area (Å²) >= 11 is 3.48. The van der Waals surface area contributed by atoms with Gasteiger partial charge < -0.3 is 5.32 Å². The highest BCUT2D eigenvalue weighted by atomic mass is 79.9. The van der Waals surface area contributed by atoms with E-state index in [0.29, 0.717) is 6.54 Å². The molecule has 0 aliphatic carbocycles. The van der Waals surface area contributed by atoms with Crippen LogP contribution in [0.3, 0.4) is 0 Å². The number of fused-ring (bicyclic) bond motifs is 2. The smallest absolute Gasteiger partial charge is 0.305 e. The minimum absolute atomic E-state index is 0.121. The van der Waals surface area contributed by atoms with Crippen LogP contribution in [0.15, 0.2) is 59.2 Å². The van der Waals surface area contributed by atoms with Gasteiger partial charge in [-0.15, -0.1) is 0 Å². The lowest BCUT2D eigenvalue weighted by molar-refractivity contribution is 0.257. The van der Waals surface area contributed by atoms with Crippen LogP contribution >= 0.6 is 15.9 Å². The Hall–Kier alpha value is -2.40. The van der Waals surface area contributed by atoms with Gasteiger partial charge in [-0.05, 0) is 42.3 Å². The minimum atomic E-state index is -0.121. The van der Waals surface area contributed by atoms with Crippen molar-refractivity contribution in [3.8, 4) is 0 Å². The van der Waals surface area contributed by atoms with Crippen LogP contribution in [0.2, 0.25) is 0 Å². The van der Waals surface area contributed by atoms with Crippen molar-refractivity contribution < 1.29 is 4.79 Å². The van der Waals surface area contributed by atoms with Crippen LogP contribution < -0.4 is 10.2 Å². The zero-order valence-corrected chi connectivity index (χ0v) is 13.9. The van der Waals surface area contributed by atoms with E-state index in [9.17, 15) is 4.79 Å². The first kappa shape index (κ1) is 14.2. The minimum Gasteiger partial charge on any atom is -0.305 e. The molecule has 3 aromatic rings. The molecule has 1 N–H and O–H groups in total. The first-order chi connectivity index (χ1) is 11.2. The second-order valence-electron chi connectivity index (χ2n) is 5.49. The van der Waals surface area contributed by atoms with Crippen LogP contribution in [0.5, 0.6) is 0 Å². The van der Waals surface area contributed by atoms with Crippen molar-refractivity contribution in [3.63, 3.8) is 0 Å². The Balaban J connectivity index is 1.64. The van der Waals surface area contributed by atoms with Crippen LogP contribution in [0.25, 0.3) is 10.9 Å². The Morgan fingerprint density at radius 3 is 2.96 bits per heavy atom. The summed E-state index contributed by atoms with van der Waals surface area (Å²) in [6.07, 6.45) is 2.61. The third kappa shape index (κ3) is 2.57. The van der Waals surface area contributed by atoms with Crippen molar-refractivity contribution in [3.05, 3.63) is 64.8 Å². The number of amides is 2. The fraction of sp³-hybridized carbons (Fsp3) is 0.111. The van der Waals surface area contributed by atoms with E-state index in [1.807, 2.05) is 42.5 Å². The Morgan fingerprint density at radius 1 is 1.17 bits per heavy atom. The third-order valence-electron chi connectivity index (χ3n) is 4.06. The maximum Gasteiger partial charge on any atom is 0.326 e. The van der Waals surface area contributed by atoms with Gasteiger partial charge in [-0.1, -0.05) is 34.1 Å². The maximum atomic E-state index is 12.7. The molecule has 114 valence electrons. The van der Waals surface area contributed by atoms with Crippen LogP contribution in [-0.2, 0) is 6.42 Å². The molecular formula is C18H14BrN3O. The summed E-state index contributed by atoms with van der Waals surface area (Å²) in [4.78, 5) is 18.8. The number of hydrogen-bond acceptors (Lipinski definition) is 2. The summed E-state index contributed by atoms with van der Waals surface area (Å²) in [5, 5.41) is 4.01. The molecule has 2 heterocycles. The van der Waals surface area contributed by atoms with Gasteiger partial charge in [0.25, 0.3) is 0 Å². The van der Waals surface area contributed by atoms with Gasteiger partial charge in [-0.25, -0.2) is 4.79 Å². The van der Waals surface area contributed by atoms with E-state index < -0.39 is 0 Å². The number of rotatable bonds is 1. The lowest BCUT2D eigenvalue weighted by Gasteiger charge is -2.18. The van der Waals surface area contributed by atoms with Gasteiger partial charge >= 0.3 is 6.03 Å². The Labute approximate surface area is 142 Å². The number of anilines is 2. The van der Waals surface area contributed by atoms with Crippen molar-refractivity contribution in [2.45, 2.75) is 6.42 Å². The number of aromatic nitrogens is 1. The molecule has 4 nitrogen and oxygen atoms in total. The Morgan fingerprint density at radius 2 is 2.04 bits per heavy atom. The largest absolute Gasteiger partial charge is 0.326 e. The summed E-state index contributed by atoms with van der Waals surface area (Å²) < 4.78 is 1.04. The van der Waals surface area contributed by atoms with Gasteiger partial charge in [0.2, 0.25) is 0 Å². The second kappa shape index (κ2) is 5.66. The first-order valence-corrected chi connectivity index (χ1v) is 8.22. The van der Waals surface area contributed by atoms with Crippen molar-refractivity contribution in [1.29, 1.82) is 0 Å². The van der Waals surface area contributed by atoms with E-state index in [1.165, 1.54) is 5.56 Å². The van der Waals surface area contributed by atoms with Gasteiger partial charge in [0, 0.05) is 28.3 Å². The van der Waals surface area contributed by atoms with E-state index in [2.05, 4.69) is 32.3 Å². The molecule has 0 bridgehead atoms. The SMILES string of the molecule is O=C(Nc1cccc2cccnc12)N1CCc2cc(Br)ccc21. The summed E-state index contributed by atoms with van der Waals surface area (Å²) in [6.45, 7) is 0.690. The second-order valence-corrected chi connectivity index (χ2v) is 6.40. The van der Waals surface area contributed by atoms with Crippen LogP contribution in [0.4, 0.5) is 16.2 Å². The van der Waals surface area contributed by atoms with Gasteiger partial charge in [0.15, 0.2) is 0 Å². The number of para-hydroxylation sites is 1. The third-order valence-corrected chi connectivity index (χ3v) is 4.55. The molecule has 2 aromatic carbocycles. The molecule has 0 atom stereocenters. The normalized spacial score (nSPS) is 13.2. The topological polar surface area (TPSA) is 45.2 Å². The molecule has 0 unspecified atom stereocenters. The van der Waals surface area contributed by atoms with Crippen LogP contribution in [-0.4, -0.2) is 17.6 Å². The standard InChI is InChI=1S/C18H14BrN3O/c19-14-6-7-16-13(11-14)8-10-22(16)18(23)21-15-5-1-3-12-4-2-9-20-17(12)15/h1-7,9,11H,8,10H2,(H,21,23). The quantitative estimate of drug-likeness (QED) is 0.683. The Bertz CT molecular complexity index is 904. The number of urea groups is 1. The van der Waals surface area contributed by atoms with Gasteiger partial charge in [-0.2, -0.15) is 0 Å². The van der Waals surface area contributed by atoms with Crippen molar-refractivity contribution in [1.82, 2.24) is 4.98 Å². The highest BCUT2D eigenvalue weighted by molar-refractivity contribution is 9.10. The number of benzene rings is 2. The zero-order chi connectivity index (χ0) is 15.8. The highest BCUT2D eigenvalue weighted by Crippen LogP contribution is 2.31. The molecule has 0 radical (unpaired) electrons. The van der Waals surface area contributed by atoms with Gasteiger partial charge in [0.05, 0.1) is 11.2 Å². The molecule has 1 aliphatic rings. The number of pyridine rings is 1. The average molecular weight is 368 g/mol. The van der Waals surface area contributed by atoms with Crippen molar-refractivity contribution >= 4 is 44.2 Å². The van der Waals surface area contributed by atoms with Gasteiger partial charge in [0.1, 0.15) is 0 Å². The molecule has 0 saturated heterocycles. The maximum absolute atomic E-state index is 12.7. The summed E-state index contributed by atoms with van der Waals surface area (Å²) in [5.41, 5.74) is 3.70. The molecule has 5 heteroatoms. The fourth-order valence-electron chi connectivity index (χ4n) is 2.97. The summed E-state index contributed by atoms with van der Waals surface area (Å²) in [6, 6.07) is 15.6. The highest BCUT2D eigenvalue weighted by Gasteiger charge is 2.25. The number of carbonyl (C=O) groups is 1. The average Bonchev–Trinajstić information content (AvgIpc) is 2.98. The monoisotopic (exact) mass is 367 g/mol. The molecule has 1 aromatic heterocycles. The predicted molar refractivity (Wildman–Crippen MR) is 96.0 cm³/mol. The molecule has 23 heavy (non-hydrogen) atoms. The molecule has 0 fully saturated rings. The summed E-state index contributed by atoms with van der Waals surface area (Å²) in [5.74, 6) is 0. The van der Waals surface area contributed by atoms with E-state index >= 15 is 0 Å². The van der Waals surface area contributed by atoms with Crippen LogP contribution in [0.1, 0.15) is 5.56 Å². The zero-order valence-electron chi connectivity index (χ0n) is 12.3. The number of nitrogens with zero attached hydrogens (tertiary/aromatic N) is 2. The van der Waals surface area contributed by atoms with Crippen molar-refractivity contribution in [2.24, 2.45) is 0 Å². The van der Waals surface area contributed by atoms with E-state index in [1.54, 1.807) is 11.1 Å². The molecule has 4 rings (SSSR count). The number of nitrogens with one attached hydrogen (secondary N) is 1. The summed E-state index contributed by atoms with van der Waals surface area (Å²) in [7, 11) is 0. The number of halogens is 1. The number of hydrogen-bond donors (Lipinski definition) is 1. The molecular weight excluding hydrogens is 354 g/mol. The predicted octanol–water partition coefficient (Wildman–Crippen LogP) is 4.59. The molecule has 0 spiro atoms. The fourth-order valence-corrected chi connectivity index (χ4v) is 3.38. The van der Waals surface area contributed by atoms with E-state index in [-0.39, 0.29) is 6.03 Å². The van der Waals surface area contributed by atoms with E-state index in [4.69, 9.17) is 0 Å². The first-order valence-electron chi connectivity index (χ1n) is 7.43. The van der Waals surface area contributed by atoms with Crippen molar-refractivity contribution in [2.75, 3.05) is 16.8 Å². The van der Waals surface area contributed by atoms with E-state index in [0.717, 1.165) is 33.2 Å². The lowest BCUT2D eigenvalue weighted by Crippen LogP contribution is -2.33. The number of carbonyl (C=O) groups excluding carboxylic acids is 1. The lowest BCUT2D eigenvalue weighted by atomic mass is 10.2.